The molecule has 74 valence electrons. The zero-order valence-corrected chi connectivity index (χ0v) is 7.93. The largest absolute Gasteiger partial charge is 0.408 e. The van der Waals surface area contributed by atoms with Gasteiger partial charge in [0.15, 0.2) is 5.82 Å². The highest BCUT2D eigenvalue weighted by molar-refractivity contribution is 5.17. The van der Waals surface area contributed by atoms with E-state index in [1.807, 2.05) is 7.05 Å². The highest BCUT2D eigenvalue weighted by atomic mass is 16.4. The van der Waals surface area contributed by atoms with Crippen LogP contribution < -0.4 is 5.32 Å². The van der Waals surface area contributed by atoms with E-state index in [2.05, 4.69) is 25.6 Å². The quantitative estimate of drug-likeness (QED) is 0.747. The number of anilines is 1. The summed E-state index contributed by atoms with van der Waals surface area (Å²) in [5.41, 5.74) is 0. The van der Waals surface area contributed by atoms with Gasteiger partial charge in [-0.2, -0.15) is 5.10 Å². The van der Waals surface area contributed by atoms with Crippen LogP contribution in [0.2, 0.25) is 0 Å². The van der Waals surface area contributed by atoms with Crippen LogP contribution in [0.15, 0.2) is 10.7 Å². The maximum Gasteiger partial charge on any atom is 0.315 e. The summed E-state index contributed by atoms with van der Waals surface area (Å²) >= 11 is 0. The molecule has 0 saturated carbocycles. The molecule has 0 unspecified atom stereocenters. The molecule has 0 saturated heterocycles. The third kappa shape index (κ3) is 1.87. The van der Waals surface area contributed by atoms with Gasteiger partial charge in [0.1, 0.15) is 6.33 Å². The average Bonchev–Trinajstić information content (AvgIpc) is 2.72. The summed E-state index contributed by atoms with van der Waals surface area (Å²) in [5.74, 6) is 1.21. The molecule has 0 bridgehead atoms. The van der Waals surface area contributed by atoms with Crippen LogP contribution in [-0.2, 0) is 13.6 Å². The van der Waals surface area contributed by atoms with Crippen LogP contribution in [-0.4, -0.2) is 25.0 Å². The van der Waals surface area contributed by atoms with Crippen LogP contribution in [0, 0.1) is 6.92 Å². The molecule has 1 N–H and O–H groups in total. The van der Waals surface area contributed by atoms with Crippen LogP contribution >= 0.6 is 0 Å². The molecule has 0 aromatic carbocycles. The predicted octanol–water partition coefficient (Wildman–Crippen LogP) is 0.119. The molecule has 7 nitrogen and oxygen atoms in total. The first-order valence-corrected chi connectivity index (χ1v) is 4.12. The fourth-order valence-corrected chi connectivity index (χ4v) is 0.988. The molecule has 0 spiro atoms. The van der Waals surface area contributed by atoms with Crippen molar-refractivity contribution in [1.82, 2.24) is 25.0 Å². The Balaban J connectivity index is 1.94. The number of rotatable bonds is 3. The number of aryl methyl sites for hydroxylation is 2. The molecule has 14 heavy (non-hydrogen) atoms. The van der Waals surface area contributed by atoms with Gasteiger partial charge >= 0.3 is 6.01 Å². The molecule has 0 fully saturated rings. The second-order valence-electron chi connectivity index (χ2n) is 2.81. The monoisotopic (exact) mass is 194 g/mol. The van der Waals surface area contributed by atoms with Gasteiger partial charge in [-0.05, 0) is 0 Å². The van der Waals surface area contributed by atoms with Gasteiger partial charge in [-0.1, -0.05) is 5.10 Å². The van der Waals surface area contributed by atoms with Gasteiger partial charge in [0.25, 0.3) is 0 Å². The van der Waals surface area contributed by atoms with Gasteiger partial charge < -0.3 is 9.73 Å². The van der Waals surface area contributed by atoms with Gasteiger partial charge in [-0.15, -0.1) is 5.10 Å². The molecule has 2 heterocycles. The van der Waals surface area contributed by atoms with Gasteiger partial charge in [-0.3, -0.25) is 4.68 Å². The molecule has 0 aliphatic heterocycles. The number of hydrogen-bond acceptors (Lipinski definition) is 6. The lowest BCUT2D eigenvalue weighted by Crippen LogP contribution is -2.02. The molecule has 0 aliphatic carbocycles. The summed E-state index contributed by atoms with van der Waals surface area (Å²) in [6, 6.07) is 0.384. The third-order valence-electron chi connectivity index (χ3n) is 1.57. The van der Waals surface area contributed by atoms with Gasteiger partial charge in [0.05, 0.1) is 6.54 Å². The minimum absolute atomic E-state index is 0.384. The van der Waals surface area contributed by atoms with E-state index in [1.165, 1.54) is 0 Å². The van der Waals surface area contributed by atoms with Gasteiger partial charge in [0.2, 0.25) is 5.89 Å². The Morgan fingerprint density at radius 2 is 2.36 bits per heavy atom. The first-order valence-electron chi connectivity index (χ1n) is 4.12. The summed E-state index contributed by atoms with van der Waals surface area (Å²) in [6.45, 7) is 2.21. The van der Waals surface area contributed by atoms with E-state index in [9.17, 15) is 0 Å². The Bertz CT molecular complexity index is 379. The standard InChI is InChI=1S/C7H10N6O/c1-5-10-11-7(14-5)8-3-6-9-4-13(2)12-6/h4H,3H2,1-2H3,(H,8,11). The Morgan fingerprint density at radius 3 is 2.93 bits per heavy atom. The molecule has 2 aromatic rings. The second-order valence-corrected chi connectivity index (χ2v) is 2.81. The van der Waals surface area contributed by atoms with E-state index in [-0.39, 0.29) is 0 Å². The summed E-state index contributed by atoms with van der Waals surface area (Å²) in [5, 5.41) is 14.5. The van der Waals surface area contributed by atoms with Crippen LogP contribution in [0.4, 0.5) is 6.01 Å². The normalized spacial score (nSPS) is 10.4. The molecular formula is C7H10N6O. The molecule has 2 aromatic heterocycles. The van der Waals surface area contributed by atoms with Crippen molar-refractivity contribution in [3.05, 3.63) is 18.0 Å². The number of nitrogens with one attached hydrogen (secondary N) is 1. The molecule has 0 atom stereocenters. The van der Waals surface area contributed by atoms with Crippen LogP contribution in [0.25, 0.3) is 0 Å². The molecule has 0 aliphatic rings. The molecule has 0 radical (unpaired) electrons. The zero-order chi connectivity index (χ0) is 9.97. The molecule has 7 heteroatoms. The Kier molecular flexibility index (Phi) is 2.13. The lowest BCUT2D eigenvalue weighted by molar-refractivity contribution is 0.530. The van der Waals surface area contributed by atoms with E-state index in [0.29, 0.717) is 24.3 Å². The Labute approximate surface area is 80.2 Å². The zero-order valence-electron chi connectivity index (χ0n) is 7.93. The van der Waals surface area contributed by atoms with Crippen molar-refractivity contribution >= 4 is 6.01 Å². The summed E-state index contributed by atoms with van der Waals surface area (Å²) < 4.78 is 6.75. The van der Waals surface area contributed by atoms with Crippen LogP contribution in [0.3, 0.4) is 0 Å². The second kappa shape index (κ2) is 3.44. The fraction of sp³-hybridized carbons (Fsp3) is 0.429. The van der Waals surface area contributed by atoms with Crippen molar-refractivity contribution < 1.29 is 4.42 Å². The minimum atomic E-state index is 0.384. The van der Waals surface area contributed by atoms with Gasteiger partial charge in [0, 0.05) is 14.0 Å². The maximum absolute atomic E-state index is 5.12. The molecular weight excluding hydrogens is 184 g/mol. The van der Waals surface area contributed by atoms with E-state index < -0.39 is 0 Å². The first-order chi connectivity index (χ1) is 6.74. The van der Waals surface area contributed by atoms with Crippen molar-refractivity contribution in [1.29, 1.82) is 0 Å². The topological polar surface area (TPSA) is 81.7 Å². The summed E-state index contributed by atoms with van der Waals surface area (Å²) in [7, 11) is 1.81. The van der Waals surface area contributed by atoms with Crippen molar-refractivity contribution in [2.75, 3.05) is 5.32 Å². The smallest absolute Gasteiger partial charge is 0.315 e. The highest BCUT2D eigenvalue weighted by Gasteiger charge is 2.03. The van der Waals surface area contributed by atoms with Crippen molar-refractivity contribution in [3.63, 3.8) is 0 Å². The Morgan fingerprint density at radius 1 is 1.50 bits per heavy atom. The average molecular weight is 194 g/mol. The lowest BCUT2D eigenvalue weighted by atomic mass is 10.6. The number of hydrogen-bond donors (Lipinski definition) is 1. The molecule has 0 amide bonds. The van der Waals surface area contributed by atoms with E-state index in [4.69, 9.17) is 4.42 Å². The summed E-state index contributed by atoms with van der Waals surface area (Å²) in [4.78, 5) is 4.04. The van der Waals surface area contributed by atoms with E-state index in [0.717, 1.165) is 0 Å². The minimum Gasteiger partial charge on any atom is -0.408 e. The maximum atomic E-state index is 5.12. The first kappa shape index (κ1) is 8.67. The van der Waals surface area contributed by atoms with Crippen molar-refractivity contribution in [2.45, 2.75) is 13.5 Å². The van der Waals surface area contributed by atoms with Crippen molar-refractivity contribution in [2.24, 2.45) is 7.05 Å². The van der Waals surface area contributed by atoms with Gasteiger partial charge in [-0.25, -0.2) is 4.98 Å². The SMILES string of the molecule is Cc1nnc(NCc2ncn(C)n2)o1. The number of nitrogens with zero attached hydrogens (tertiary/aromatic N) is 5. The third-order valence-corrected chi connectivity index (χ3v) is 1.57. The van der Waals surface area contributed by atoms with E-state index in [1.54, 1.807) is 17.9 Å². The fourth-order valence-electron chi connectivity index (χ4n) is 0.988. The lowest BCUT2D eigenvalue weighted by Gasteiger charge is -1.94. The van der Waals surface area contributed by atoms with E-state index >= 15 is 0 Å². The number of aromatic nitrogens is 5. The highest BCUT2D eigenvalue weighted by Crippen LogP contribution is 2.04. The predicted molar refractivity (Wildman–Crippen MR) is 47.4 cm³/mol. The Hall–Kier alpha value is -1.92. The molecule has 2 rings (SSSR count). The van der Waals surface area contributed by atoms with Crippen molar-refractivity contribution in [3.8, 4) is 0 Å². The van der Waals surface area contributed by atoms with Crippen LogP contribution in [0.5, 0.6) is 0 Å². The summed E-state index contributed by atoms with van der Waals surface area (Å²) in [6.07, 6.45) is 1.63. The van der Waals surface area contributed by atoms with Crippen LogP contribution in [0.1, 0.15) is 11.7 Å².